The first-order chi connectivity index (χ1) is 7.77. The van der Waals surface area contributed by atoms with Crippen molar-refractivity contribution in [2.75, 3.05) is 6.54 Å². The maximum absolute atomic E-state index is 4.08. The lowest BCUT2D eigenvalue weighted by atomic mass is 10.2. The van der Waals surface area contributed by atoms with Gasteiger partial charge in [0.05, 0.1) is 0 Å². The maximum atomic E-state index is 4.08. The molecule has 4 nitrogen and oxygen atoms in total. The lowest BCUT2D eigenvalue weighted by Crippen LogP contribution is -2.21. The summed E-state index contributed by atoms with van der Waals surface area (Å²) in [5.41, 5.74) is 0. The van der Waals surface area contributed by atoms with Crippen LogP contribution in [-0.4, -0.2) is 21.7 Å². The van der Waals surface area contributed by atoms with Crippen LogP contribution in [0, 0.1) is 0 Å². The van der Waals surface area contributed by atoms with Gasteiger partial charge in [-0.25, -0.2) is 4.98 Å². The molecule has 2 heterocycles. The molecule has 1 unspecified atom stereocenters. The second kappa shape index (κ2) is 5.56. The number of hydrogen-bond donors (Lipinski definition) is 2. The summed E-state index contributed by atoms with van der Waals surface area (Å²) in [4.78, 5) is 5.41. The highest BCUT2D eigenvalue weighted by Crippen LogP contribution is 2.28. The van der Waals surface area contributed by atoms with E-state index in [1.165, 1.54) is 15.7 Å². The summed E-state index contributed by atoms with van der Waals surface area (Å²) in [7, 11) is 0. The molecule has 0 bridgehead atoms. The second-order valence-corrected chi connectivity index (χ2v) is 5.29. The molecule has 1 atom stereocenters. The fourth-order valence-electron chi connectivity index (χ4n) is 1.47. The third-order valence-corrected chi connectivity index (χ3v) is 4.37. The molecule has 0 saturated carbocycles. The summed E-state index contributed by atoms with van der Waals surface area (Å²) in [6, 6.07) is 2.44. The van der Waals surface area contributed by atoms with Gasteiger partial charge < -0.3 is 5.32 Å². The zero-order valence-corrected chi connectivity index (χ0v) is 11.3. The first-order valence-corrected chi connectivity index (χ1v) is 6.75. The van der Waals surface area contributed by atoms with Gasteiger partial charge in [0.15, 0.2) is 0 Å². The van der Waals surface area contributed by atoms with Gasteiger partial charge in [-0.3, -0.25) is 5.10 Å². The van der Waals surface area contributed by atoms with Crippen LogP contribution in [0.5, 0.6) is 0 Å². The van der Waals surface area contributed by atoms with Crippen LogP contribution in [0.15, 0.2) is 22.2 Å². The van der Waals surface area contributed by atoms with Crippen LogP contribution in [0.2, 0.25) is 0 Å². The number of aromatic nitrogens is 3. The number of aromatic amines is 1. The Kier molecular flexibility index (Phi) is 4.09. The third kappa shape index (κ3) is 2.90. The van der Waals surface area contributed by atoms with Crippen molar-refractivity contribution in [2.45, 2.75) is 19.4 Å². The smallest absolute Gasteiger partial charge is 0.137 e. The minimum atomic E-state index is 0.359. The Balaban J connectivity index is 1.80. The zero-order chi connectivity index (χ0) is 11.4. The molecular formula is C10H13BrN4S. The van der Waals surface area contributed by atoms with Crippen LogP contribution in [0.4, 0.5) is 0 Å². The molecule has 86 valence electrons. The molecule has 2 aromatic heterocycles. The van der Waals surface area contributed by atoms with E-state index in [1.807, 2.05) is 0 Å². The summed E-state index contributed by atoms with van der Waals surface area (Å²) in [6.07, 6.45) is 2.40. The average molecular weight is 301 g/mol. The molecule has 0 aromatic carbocycles. The molecule has 0 aliphatic rings. The van der Waals surface area contributed by atoms with Crippen molar-refractivity contribution in [1.29, 1.82) is 0 Å². The Morgan fingerprint density at radius 2 is 2.50 bits per heavy atom. The number of thiophene rings is 1. The van der Waals surface area contributed by atoms with E-state index in [2.05, 4.69) is 54.8 Å². The Morgan fingerprint density at radius 3 is 3.12 bits per heavy atom. The van der Waals surface area contributed by atoms with Crippen LogP contribution in [-0.2, 0) is 6.42 Å². The molecule has 2 rings (SSSR count). The Bertz CT molecular complexity index is 426. The SMILES string of the molecule is CC(NCCc1ncn[nH]1)c1sccc1Br. The van der Waals surface area contributed by atoms with E-state index >= 15 is 0 Å². The van der Waals surface area contributed by atoms with E-state index < -0.39 is 0 Å². The maximum Gasteiger partial charge on any atom is 0.137 e. The van der Waals surface area contributed by atoms with Crippen molar-refractivity contribution in [2.24, 2.45) is 0 Å². The van der Waals surface area contributed by atoms with Gasteiger partial charge in [-0.2, -0.15) is 5.10 Å². The molecule has 2 aromatic rings. The van der Waals surface area contributed by atoms with Gasteiger partial charge in [-0.05, 0) is 34.3 Å². The van der Waals surface area contributed by atoms with Crippen molar-refractivity contribution in [1.82, 2.24) is 20.5 Å². The number of rotatable bonds is 5. The molecule has 0 fully saturated rings. The average Bonchev–Trinajstić information content (AvgIpc) is 2.88. The molecule has 16 heavy (non-hydrogen) atoms. The van der Waals surface area contributed by atoms with E-state index in [0.717, 1.165) is 18.8 Å². The van der Waals surface area contributed by atoms with Crippen molar-refractivity contribution in [3.05, 3.63) is 32.9 Å². The molecule has 2 N–H and O–H groups in total. The van der Waals surface area contributed by atoms with Gasteiger partial charge in [-0.15, -0.1) is 11.3 Å². The van der Waals surface area contributed by atoms with E-state index in [4.69, 9.17) is 0 Å². The molecule has 0 aliphatic heterocycles. The summed E-state index contributed by atoms with van der Waals surface area (Å²) >= 11 is 5.30. The Labute approximate surface area is 107 Å². The highest BCUT2D eigenvalue weighted by molar-refractivity contribution is 9.10. The van der Waals surface area contributed by atoms with Gasteiger partial charge in [0.2, 0.25) is 0 Å². The Hall–Kier alpha value is -0.720. The van der Waals surface area contributed by atoms with Crippen molar-refractivity contribution < 1.29 is 0 Å². The normalized spacial score (nSPS) is 12.9. The van der Waals surface area contributed by atoms with Crippen LogP contribution in [0.3, 0.4) is 0 Å². The number of H-pyrrole nitrogens is 1. The first kappa shape index (κ1) is 11.8. The summed E-state index contributed by atoms with van der Waals surface area (Å²) in [6.45, 7) is 3.05. The largest absolute Gasteiger partial charge is 0.309 e. The van der Waals surface area contributed by atoms with Crippen LogP contribution >= 0.6 is 27.3 Å². The number of nitrogens with one attached hydrogen (secondary N) is 2. The van der Waals surface area contributed by atoms with E-state index in [0.29, 0.717) is 6.04 Å². The van der Waals surface area contributed by atoms with Crippen LogP contribution in [0.1, 0.15) is 23.7 Å². The fraction of sp³-hybridized carbons (Fsp3) is 0.400. The molecule has 6 heteroatoms. The summed E-state index contributed by atoms with van der Waals surface area (Å²) in [5.74, 6) is 0.921. The van der Waals surface area contributed by atoms with Gasteiger partial charge in [-0.1, -0.05) is 0 Å². The van der Waals surface area contributed by atoms with Crippen molar-refractivity contribution in [3.63, 3.8) is 0 Å². The van der Waals surface area contributed by atoms with Crippen molar-refractivity contribution >= 4 is 27.3 Å². The standard InChI is InChI=1S/C10H13BrN4S/c1-7(10-8(11)3-5-16-10)12-4-2-9-13-6-14-15-9/h3,5-7,12H,2,4H2,1H3,(H,13,14,15). The molecule has 0 amide bonds. The van der Waals surface area contributed by atoms with Crippen molar-refractivity contribution in [3.8, 4) is 0 Å². The van der Waals surface area contributed by atoms with Crippen LogP contribution < -0.4 is 5.32 Å². The third-order valence-electron chi connectivity index (χ3n) is 2.32. The van der Waals surface area contributed by atoms with Gasteiger partial charge >= 0.3 is 0 Å². The minimum Gasteiger partial charge on any atom is -0.309 e. The monoisotopic (exact) mass is 300 g/mol. The molecule has 0 radical (unpaired) electrons. The summed E-state index contributed by atoms with van der Waals surface area (Å²) < 4.78 is 1.18. The number of hydrogen-bond acceptors (Lipinski definition) is 4. The topological polar surface area (TPSA) is 53.6 Å². The molecule has 0 spiro atoms. The minimum absolute atomic E-state index is 0.359. The molecular weight excluding hydrogens is 288 g/mol. The number of nitrogens with zero attached hydrogens (tertiary/aromatic N) is 2. The lowest BCUT2D eigenvalue weighted by molar-refractivity contribution is 0.576. The summed E-state index contributed by atoms with van der Waals surface area (Å²) in [5, 5.41) is 12.2. The fourth-order valence-corrected chi connectivity index (χ4v) is 3.22. The lowest BCUT2D eigenvalue weighted by Gasteiger charge is -2.12. The molecule has 0 saturated heterocycles. The van der Waals surface area contributed by atoms with E-state index in [-0.39, 0.29) is 0 Å². The van der Waals surface area contributed by atoms with Crippen LogP contribution in [0.25, 0.3) is 0 Å². The van der Waals surface area contributed by atoms with Gasteiger partial charge in [0, 0.05) is 28.4 Å². The first-order valence-electron chi connectivity index (χ1n) is 5.08. The Morgan fingerprint density at radius 1 is 1.62 bits per heavy atom. The predicted molar refractivity (Wildman–Crippen MR) is 68.5 cm³/mol. The second-order valence-electron chi connectivity index (χ2n) is 3.49. The van der Waals surface area contributed by atoms with Gasteiger partial charge in [0.1, 0.15) is 12.2 Å². The predicted octanol–water partition coefficient (Wildman–Crippen LogP) is 2.52. The zero-order valence-electron chi connectivity index (χ0n) is 8.90. The van der Waals surface area contributed by atoms with Gasteiger partial charge in [0.25, 0.3) is 0 Å². The van der Waals surface area contributed by atoms with E-state index in [9.17, 15) is 0 Å². The number of halogens is 1. The van der Waals surface area contributed by atoms with E-state index in [1.54, 1.807) is 11.3 Å². The molecule has 0 aliphatic carbocycles. The highest BCUT2D eigenvalue weighted by Gasteiger charge is 2.09. The quantitative estimate of drug-likeness (QED) is 0.892. The highest BCUT2D eigenvalue weighted by atomic mass is 79.9.